The van der Waals surface area contributed by atoms with Gasteiger partial charge in [0, 0.05) is 18.5 Å². The van der Waals surface area contributed by atoms with Crippen molar-refractivity contribution in [3.63, 3.8) is 0 Å². The Morgan fingerprint density at radius 2 is 1.55 bits per heavy atom. The third-order valence-corrected chi connectivity index (χ3v) is 6.99. The molecule has 2 heteroatoms. The summed E-state index contributed by atoms with van der Waals surface area (Å²) < 4.78 is 12.9. The van der Waals surface area contributed by atoms with E-state index in [4.69, 9.17) is 0 Å². The zero-order chi connectivity index (χ0) is 14.7. The van der Waals surface area contributed by atoms with Gasteiger partial charge in [-0.25, -0.2) is 0 Å². The lowest BCUT2D eigenvalue weighted by Crippen LogP contribution is -2.00. The Labute approximate surface area is 124 Å². The molecule has 0 radical (unpaired) electrons. The Morgan fingerprint density at radius 3 is 2.10 bits per heavy atom. The molecular weight excluding hydrogens is 263 g/mol. The summed E-state index contributed by atoms with van der Waals surface area (Å²) in [7, 11) is -1.92. The highest BCUT2D eigenvalue weighted by molar-refractivity contribution is 7.63. The highest BCUT2D eigenvalue weighted by Crippen LogP contribution is 2.48. The van der Waals surface area contributed by atoms with Crippen molar-refractivity contribution in [3.05, 3.63) is 42.0 Å². The first kappa shape index (κ1) is 17.2. The number of hydrogen-bond donors (Lipinski definition) is 0. The molecule has 0 amide bonds. The molecule has 1 rings (SSSR count). The zero-order valence-electron chi connectivity index (χ0n) is 13.1. The van der Waals surface area contributed by atoms with Gasteiger partial charge in [-0.05, 0) is 24.8 Å². The fourth-order valence-electron chi connectivity index (χ4n) is 2.32. The molecular formula is C18H29OP. The molecule has 0 unspecified atom stereocenters. The summed E-state index contributed by atoms with van der Waals surface area (Å²) in [5.74, 6) is 0. The summed E-state index contributed by atoms with van der Waals surface area (Å²) >= 11 is 0. The molecule has 1 nitrogen and oxygen atoms in total. The van der Waals surface area contributed by atoms with Crippen LogP contribution in [0.2, 0.25) is 0 Å². The summed E-state index contributed by atoms with van der Waals surface area (Å²) in [6.07, 6.45) is 12.6. The molecule has 0 aliphatic carbocycles. The quantitative estimate of drug-likeness (QED) is 0.479. The molecule has 0 aliphatic rings. The van der Waals surface area contributed by atoms with Crippen LogP contribution in [0.5, 0.6) is 0 Å². The van der Waals surface area contributed by atoms with Crippen molar-refractivity contribution in [1.29, 1.82) is 0 Å². The minimum Gasteiger partial charge on any atom is -0.324 e. The van der Waals surface area contributed by atoms with Crippen molar-refractivity contribution < 1.29 is 4.57 Å². The van der Waals surface area contributed by atoms with Crippen LogP contribution < -0.4 is 0 Å². The summed E-state index contributed by atoms with van der Waals surface area (Å²) in [5, 5.41) is 0. The first-order valence-electron chi connectivity index (χ1n) is 7.99. The van der Waals surface area contributed by atoms with Crippen LogP contribution in [0.25, 0.3) is 6.08 Å². The van der Waals surface area contributed by atoms with Gasteiger partial charge in [-0.2, -0.15) is 0 Å². The Kier molecular flexibility index (Phi) is 8.62. The molecule has 0 saturated carbocycles. The number of rotatable bonds is 10. The van der Waals surface area contributed by atoms with E-state index < -0.39 is 7.14 Å². The molecule has 0 N–H and O–H groups in total. The number of benzene rings is 1. The van der Waals surface area contributed by atoms with E-state index in [9.17, 15) is 4.57 Å². The molecule has 0 bridgehead atoms. The van der Waals surface area contributed by atoms with Crippen LogP contribution in [0.3, 0.4) is 0 Å². The maximum absolute atomic E-state index is 12.9. The average Bonchev–Trinajstić information content (AvgIpc) is 2.49. The van der Waals surface area contributed by atoms with Crippen molar-refractivity contribution in [2.75, 3.05) is 18.5 Å². The van der Waals surface area contributed by atoms with Crippen molar-refractivity contribution in [3.8, 4) is 0 Å². The fraction of sp³-hybridized carbons (Fsp3) is 0.556. The van der Waals surface area contributed by atoms with Crippen LogP contribution in [-0.2, 0) is 4.57 Å². The largest absolute Gasteiger partial charge is 0.324 e. The smallest absolute Gasteiger partial charge is 0.0880 e. The van der Waals surface area contributed by atoms with Gasteiger partial charge in [0.15, 0.2) is 0 Å². The number of allylic oxidation sites excluding steroid dienone is 1. The molecule has 0 fully saturated rings. The van der Waals surface area contributed by atoms with E-state index in [0.717, 1.165) is 50.6 Å². The predicted octanol–water partition coefficient (Wildman–Crippen LogP) is 6.05. The molecule has 0 saturated heterocycles. The van der Waals surface area contributed by atoms with Crippen LogP contribution in [0.1, 0.15) is 51.5 Å². The number of unbranched alkanes of at least 4 members (excludes halogenated alkanes) is 2. The SMILES string of the molecule is CCCCP(=O)(CCC=Cc1ccccc1)CCCC. The van der Waals surface area contributed by atoms with Gasteiger partial charge in [-0.1, -0.05) is 69.2 Å². The van der Waals surface area contributed by atoms with Gasteiger partial charge in [0.2, 0.25) is 0 Å². The van der Waals surface area contributed by atoms with Crippen molar-refractivity contribution in [2.24, 2.45) is 0 Å². The first-order chi connectivity index (χ1) is 9.70. The maximum atomic E-state index is 12.9. The predicted molar refractivity (Wildman–Crippen MR) is 92.1 cm³/mol. The second-order valence-electron chi connectivity index (χ2n) is 5.54. The van der Waals surface area contributed by atoms with Gasteiger partial charge in [0.1, 0.15) is 0 Å². The third kappa shape index (κ3) is 7.10. The van der Waals surface area contributed by atoms with E-state index >= 15 is 0 Å². The van der Waals surface area contributed by atoms with E-state index in [-0.39, 0.29) is 0 Å². The fourth-order valence-corrected chi connectivity index (χ4v) is 5.40. The minimum atomic E-state index is -1.92. The van der Waals surface area contributed by atoms with Gasteiger partial charge in [-0.15, -0.1) is 0 Å². The van der Waals surface area contributed by atoms with Gasteiger partial charge in [0.05, 0.1) is 7.14 Å². The molecule has 0 aliphatic heterocycles. The zero-order valence-corrected chi connectivity index (χ0v) is 13.9. The average molecular weight is 292 g/mol. The van der Waals surface area contributed by atoms with Gasteiger partial charge < -0.3 is 4.57 Å². The summed E-state index contributed by atoms with van der Waals surface area (Å²) in [4.78, 5) is 0. The van der Waals surface area contributed by atoms with E-state index in [0.29, 0.717) is 0 Å². The normalized spacial score (nSPS) is 12.1. The molecule has 0 aromatic heterocycles. The van der Waals surface area contributed by atoms with Crippen molar-refractivity contribution in [1.82, 2.24) is 0 Å². The summed E-state index contributed by atoms with van der Waals surface area (Å²) in [6.45, 7) is 4.36. The van der Waals surface area contributed by atoms with Crippen LogP contribution in [0.15, 0.2) is 36.4 Å². The molecule has 20 heavy (non-hydrogen) atoms. The molecule has 1 aromatic rings. The number of hydrogen-bond acceptors (Lipinski definition) is 1. The topological polar surface area (TPSA) is 17.1 Å². The van der Waals surface area contributed by atoms with Crippen LogP contribution in [0.4, 0.5) is 0 Å². The van der Waals surface area contributed by atoms with E-state index in [1.54, 1.807) is 0 Å². The van der Waals surface area contributed by atoms with Gasteiger partial charge in [0.25, 0.3) is 0 Å². The molecule has 112 valence electrons. The second kappa shape index (κ2) is 10.00. The lowest BCUT2D eigenvalue weighted by Gasteiger charge is -2.17. The van der Waals surface area contributed by atoms with Crippen LogP contribution >= 0.6 is 7.14 Å². The van der Waals surface area contributed by atoms with E-state index in [1.165, 1.54) is 5.56 Å². The minimum absolute atomic E-state index is 0.885. The standard InChI is InChI=1S/C18H29OP/c1-3-5-15-20(19,16-6-4-2)17-11-10-14-18-12-8-7-9-13-18/h7-10,12-14H,3-6,11,15-17H2,1-2H3. The Bertz CT molecular complexity index is 410. The Balaban J connectivity index is 2.45. The molecule has 0 heterocycles. The van der Waals surface area contributed by atoms with Crippen molar-refractivity contribution in [2.45, 2.75) is 46.0 Å². The first-order valence-corrected chi connectivity index (χ1v) is 10.2. The Morgan fingerprint density at radius 1 is 0.950 bits per heavy atom. The van der Waals surface area contributed by atoms with E-state index in [2.05, 4.69) is 38.1 Å². The highest BCUT2D eigenvalue weighted by Gasteiger charge is 2.19. The van der Waals surface area contributed by atoms with Crippen molar-refractivity contribution >= 4 is 13.2 Å². The Hall–Kier alpha value is -0.810. The van der Waals surface area contributed by atoms with Crippen LogP contribution in [0, 0.1) is 0 Å². The van der Waals surface area contributed by atoms with E-state index in [1.807, 2.05) is 18.2 Å². The van der Waals surface area contributed by atoms with Gasteiger partial charge >= 0.3 is 0 Å². The third-order valence-electron chi connectivity index (χ3n) is 3.65. The molecule has 1 aromatic carbocycles. The lowest BCUT2D eigenvalue weighted by atomic mass is 10.2. The molecule has 0 atom stereocenters. The molecule has 0 spiro atoms. The van der Waals surface area contributed by atoms with Crippen LogP contribution in [-0.4, -0.2) is 18.5 Å². The monoisotopic (exact) mass is 292 g/mol. The second-order valence-corrected chi connectivity index (χ2v) is 9.00. The summed E-state index contributed by atoms with van der Waals surface area (Å²) in [5.41, 5.74) is 1.23. The summed E-state index contributed by atoms with van der Waals surface area (Å²) in [6, 6.07) is 10.3. The highest BCUT2D eigenvalue weighted by atomic mass is 31.2. The lowest BCUT2D eigenvalue weighted by molar-refractivity contribution is 0.569. The van der Waals surface area contributed by atoms with Gasteiger partial charge in [-0.3, -0.25) is 0 Å². The maximum Gasteiger partial charge on any atom is 0.0880 e.